The van der Waals surface area contributed by atoms with Gasteiger partial charge in [-0.05, 0) is 36.8 Å². The summed E-state index contributed by atoms with van der Waals surface area (Å²) in [5.74, 6) is -0.336. The summed E-state index contributed by atoms with van der Waals surface area (Å²) in [7, 11) is 0. The van der Waals surface area contributed by atoms with E-state index in [1.54, 1.807) is 12.1 Å². The monoisotopic (exact) mass is 426 g/mol. The van der Waals surface area contributed by atoms with Crippen LogP contribution in [0.25, 0.3) is 5.69 Å². The smallest absolute Gasteiger partial charge is 0.335 e. The van der Waals surface area contributed by atoms with Gasteiger partial charge in [0.25, 0.3) is 5.56 Å². The van der Waals surface area contributed by atoms with Crippen LogP contribution in [0.2, 0.25) is 0 Å². The molecule has 3 aromatic carbocycles. The first-order valence-corrected chi connectivity index (χ1v) is 10.1. The Morgan fingerprint density at radius 3 is 2.22 bits per heavy atom. The van der Waals surface area contributed by atoms with Gasteiger partial charge in [0.1, 0.15) is 11.4 Å². The Labute approximate surface area is 184 Å². The van der Waals surface area contributed by atoms with Gasteiger partial charge < -0.3 is 10.4 Å². The molecule has 0 saturated heterocycles. The number of amidine groups is 1. The molecule has 1 heterocycles. The standard InChI is InChI=1S/C25H22N4O3/c1-17-12-14-20(15-13-17)29-24(31)21(23(30)28-25(29)32)22(27-19-10-6-3-7-11-19)26-16-18-8-4-2-5-9-18/h2-15,31H,16H2,1H3,(H,26,27)(H,28,30,32). The van der Waals surface area contributed by atoms with E-state index >= 15 is 0 Å². The highest BCUT2D eigenvalue weighted by Gasteiger charge is 2.20. The molecule has 0 aliphatic heterocycles. The zero-order valence-corrected chi connectivity index (χ0v) is 17.4. The van der Waals surface area contributed by atoms with E-state index in [0.29, 0.717) is 11.4 Å². The number of aliphatic imine (C=N–C) groups is 1. The molecule has 0 unspecified atom stereocenters. The van der Waals surface area contributed by atoms with Gasteiger partial charge in [0.05, 0.1) is 12.2 Å². The first kappa shape index (κ1) is 20.9. The third-order valence-corrected chi connectivity index (χ3v) is 4.91. The van der Waals surface area contributed by atoms with Crippen LogP contribution in [0.4, 0.5) is 5.69 Å². The molecule has 3 N–H and O–H groups in total. The molecule has 32 heavy (non-hydrogen) atoms. The lowest BCUT2D eigenvalue weighted by Gasteiger charge is -2.15. The van der Waals surface area contributed by atoms with Crippen molar-refractivity contribution in [2.75, 3.05) is 5.32 Å². The number of hydrogen-bond donors (Lipinski definition) is 3. The van der Waals surface area contributed by atoms with Crippen LogP contribution in [0.1, 0.15) is 16.7 Å². The van der Waals surface area contributed by atoms with Gasteiger partial charge in [0, 0.05) is 5.69 Å². The minimum absolute atomic E-state index is 0.120. The van der Waals surface area contributed by atoms with Crippen molar-refractivity contribution in [3.8, 4) is 11.6 Å². The van der Waals surface area contributed by atoms with Gasteiger partial charge in [-0.3, -0.25) is 14.8 Å². The Bertz CT molecular complexity index is 1360. The number of nitrogens with one attached hydrogen (secondary N) is 2. The van der Waals surface area contributed by atoms with Gasteiger partial charge >= 0.3 is 5.69 Å². The summed E-state index contributed by atoms with van der Waals surface area (Å²) < 4.78 is 1.06. The molecule has 7 nitrogen and oxygen atoms in total. The highest BCUT2D eigenvalue weighted by atomic mass is 16.3. The largest absolute Gasteiger partial charge is 0.493 e. The number of aromatic nitrogens is 2. The number of nitrogens with zero attached hydrogens (tertiary/aromatic N) is 2. The van der Waals surface area contributed by atoms with Crippen LogP contribution < -0.4 is 16.6 Å². The Balaban J connectivity index is 1.86. The number of aromatic hydroxyl groups is 1. The predicted octanol–water partition coefficient (Wildman–Crippen LogP) is 3.60. The van der Waals surface area contributed by atoms with E-state index in [-0.39, 0.29) is 17.9 Å². The van der Waals surface area contributed by atoms with Gasteiger partial charge in [-0.15, -0.1) is 0 Å². The molecule has 0 spiro atoms. The number of H-pyrrole nitrogens is 1. The van der Waals surface area contributed by atoms with Crippen molar-refractivity contribution in [3.63, 3.8) is 0 Å². The number of aryl methyl sites for hydroxylation is 1. The maximum Gasteiger partial charge on any atom is 0.335 e. The fourth-order valence-electron chi connectivity index (χ4n) is 3.26. The molecule has 0 atom stereocenters. The average Bonchev–Trinajstić information content (AvgIpc) is 2.79. The third-order valence-electron chi connectivity index (χ3n) is 4.91. The first-order chi connectivity index (χ1) is 15.5. The Morgan fingerprint density at radius 1 is 0.938 bits per heavy atom. The van der Waals surface area contributed by atoms with E-state index in [2.05, 4.69) is 15.3 Å². The summed E-state index contributed by atoms with van der Waals surface area (Å²) in [6, 6.07) is 25.8. The molecule has 1 aromatic heterocycles. The molecule has 0 saturated carbocycles. The molecule has 0 fully saturated rings. The molecule has 0 radical (unpaired) electrons. The Kier molecular flexibility index (Phi) is 5.98. The van der Waals surface area contributed by atoms with Crippen LogP contribution in [0, 0.1) is 6.92 Å². The van der Waals surface area contributed by atoms with Crippen molar-refractivity contribution in [2.45, 2.75) is 13.5 Å². The van der Waals surface area contributed by atoms with Gasteiger partial charge in [-0.1, -0.05) is 66.2 Å². The second kappa shape index (κ2) is 9.18. The molecule has 0 aliphatic carbocycles. The Hall–Kier alpha value is -4.39. The summed E-state index contributed by atoms with van der Waals surface area (Å²) in [5, 5.41) is 14.2. The second-order valence-electron chi connectivity index (χ2n) is 7.27. The molecular weight excluding hydrogens is 404 g/mol. The maximum atomic E-state index is 12.8. The van der Waals surface area contributed by atoms with Crippen molar-refractivity contribution in [3.05, 3.63) is 122 Å². The van der Waals surface area contributed by atoms with Crippen molar-refractivity contribution in [1.29, 1.82) is 0 Å². The van der Waals surface area contributed by atoms with E-state index in [0.717, 1.165) is 15.7 Å². The highest BCUT2D eigenvalue weighted by Crippen LogP contribution is 2.19. The van der Waals surface area contributed by atoms with Crippen molar-refractivity contribution in [2.24, 2.45) is 4.99 Å². The molecule has 7 heteroatoms. The zero-order valence-electron chi connectivity index (χ0n) is 17.4. The second-order valence-corrected chi connectivity index (χ2v) is 7.27. The molecule has 160 valence electrons. The van der Waals surface area contributed by atoms with E-state index in [1.165, 1.54) is 0 Å². The first-order valence-electron chi connectivity index (χ1n) is 10.1. The van der Waals surface area contributed by atoms with Crippen molar-refractivity contribution < 1.29 is 5.11 Å². The molecule has 4 rings (SSSR count). The van der Waals surface area contributed by atoms with E-state index in [1.807, 2.05) is 79.7 Å². The number of aromatic amines is 1. The number of anilines is 1. The summed E-state index contributed by atoms with van der Waals surface area (Å²) in [6.45, 7) is 2.20. The minimum Gasteiger partial charge on any atom is -0.493 e. The summed E-state index contributed by atoms with van der Waals surface area (Å²) in [5.41, 5.74) is 1.46. The molecule has 0 amide bonds. The normalized spacial score (nSPS) is 11.3. The van der Waals surface area contributed by atoms with E-state index < -0.39 is 17.1 Å². The number of benzene rings is 3. The van der Waals surface area contributed by atoms with Gasteiger partial charge in [0.2, 0.25) is 5.88 Å². The van der Waals surface area contributed by atoms with E-state index in [4.69, 9.17) is 0 Å². The highest BCUT2D eigenvalue weighted by molar-refractivity contribution is 6.09. The Morgan fingerprint density at radius 2 is 1.56 bits per heavy atom. The summed E-state index contributed by atoms with van der Waals surface area (Å²) in [6.07, 6.45) is 0. The number of rotatable bonds is 5. The quantitative estimate of drug-likeness (QED) is 0.335. The van der Waals surface area contributed by atoms with Gasteiger partial charge in [-0.25, -0.2) is 9.36 Å². The SMILES string of the molecule is Cc1ccc(-n2c(O)c(C(=NCc3ccccc3)Nc3ccccc3)c(=O)[nH]c2=O)cc1. The van der Waals surface area contributed by atoms with Crippen LogP contribution in [-0.2, 0) is 6.54 Å². The summed E-state index contributed by atoms with van der Waals surface area (Å²) >= 11 is 0. The lowest BCUT2D eigenvalue weighted by atomic mass is 10.2. The predicted molar refractivity (Wildman–Crippen MR) is 126 cm³/mol. The lowest BCUT2D eigenvalue weighted by Crippen LogP contribution is -2.35. The number of hydrogen-bond acceptors (Lipinski definition) is 4. The van der Waals surface area contributed by atoms with Crippen molar-refractivity contribution >= 4 is 11.5 Å². The van der Waals surface area contributed by atoms with Crippen LogP contribution in [-0.4, -0.2) is 20.5 Å². The van der Waals surface area contributed by atoms with Crippen LogP contribution in [0.3, 0.4) is 0 Å². The van der Waals surface area contributed by atoms with Gasteiger partial charge in [-0.2, -0.15) is 0 Å². The van der Waals surface area contributed by atoms with Crippen LogP contribution >= 0.6 is 0 Å². The average molecular weight is 426 g/mol. The van der Waals surface area contributed by atoms with Crippen molar-refractivity contribution in [1.82, 2.24) is 9.55 Å². The maximum absolute atomic E-state index is 12.8. The molecular formula is C25H22N4O3. The van der Waals surface area contributed by atoms with Crippen LogP contribution in [0.5, 0.6) is 5.88 Å². The number of para-hydroxylation sites is 1. The molecule has 0 aliphatic rings. The summed E-state index contributed by atoms with van der Waals surface area (Å²) in [4.78, 5) is 32.2. The fourth-order valence-corrected chi connectivity index (χ4v) is 3.26. The zero-order chi connectivity index (χ0) is 22.5. The minimum atomic E-state index is -0.734. The van der Waals surface area contributed by atoms with Crippen LogP contribution in [0.15, 0.2) is 99.5 Å². The third kappa shape index (κ3) is 4.52. The molecule has 0 bridgehead atoms. The molecule has 4 aromatic rings. The van der Waals surface area contributed by atoms with E-state index in [9.17, 15) is 14.7 Å². The lowest BCUT2D eigenvalue weighted by molar-refractivity contribution is 0.429. The topological polar surface area (TPSA) is 99.5 Å². The van der Waals surface area contributed by atoms with Gasteiger partial charge in [0.15, 0.2) is 0 Å². The fraction of sp³-hybridized carbons (Fsp3) is 0.0800.